The number of anilines is 2. The summed E-state index contributed by atoms with van der Waals surface area (Å²) in [6, 6.07) is 12.8. The van der Waals surface area contributed by atoms with Crippen LogP contribution in [0.5, 0.6) is 0 Å². The maximum Gasteiger partial charge on any atom is 0.326 e. The number of fused-ring (bicyclic) bond motifs is 1. The van der Waals surface area contributed by atoms with Gasteiger partial charge in [0, 0.05) is 11.6 Å². The fourth-order valence-corrected chi connectivity index (χ4v) is 3.29. The van der Waals surface area contributed by atoms with E-state index in [-0.39, 0.29) is 6.01 Å². The van der Waals surface area contributed by atoms with Crippen molar-refractivity contribution in [3.63, 3.8) is 0 Å². The number of carboxylic acid groups (broad SMARTS) is 1. The molecule has 0 saturated carbocycles. The van der Waals surface area contributed by atoms with E-state index in [4.69, 9.17) is 4.42 Å². The first-order valence-electron chi connectivity index (χ1n) is 8.15. The van der Waals surface area contributed by atoms with Crippen molar-refractivity contribution in [3.8, 4) is 0 Å². The third kappa shape index (κ3) is 4.56. The van der Waals surface area contributed by atoms with Crippen molar-refractivity contribution in [1.29, 1.82) is 0 Å². The molecule has 0 saturated heterocycles. The van der Waals surface area contributed by atoms with Gasteiger partial charge < -0.3 is 14.8 Å². The molecule has 3 rings (SSSR count). The Morgan fingerprint density at radius 2 is 1.81 bits per heavy atom. The van der Waals surface area contributed by atoms with Gasteiger partial charge in [0.1, 0.15) is 11.6 Å². The minimum atomic E-state index is -3.37. The molecule has 8 nitrogen and oxygen atoms in total. The fourth-order valence-electron chi connectivity index (χ4n) is 2.73. The number of hydrogen-bond acceptors (Lipinski definition) is 6. The van der Waals surface area contributed by atoms with Gasteiger partial charge >= 0.3 is 5.97 Å². The van der Waals surface area contributed by atoms with E-state index in [0.717, 1.165) is 11.8 Å². The highest BCUT2D eigenvalue weighted by Gasteiger charge is 2.27. The first kappa shape index (κ1) is 18.7. The van der Waals surface area contributed by atoms with E-state index in [1.807, 2.05) is 6.07 Å². The van der Waals surface area contributed by atoms with Crippen LogP contribution < -0.4 is 10.0 Å². The number of carboxylic acids is 1. The van der Waals surface area contributed by atoms with Crippen molar-refractivity contribution in [2.24, 2.45) is 0 Å². The molecule has 0 aliphatic carbocycles. The molecule has 0 fully saturated rings. The summed E-state index contributed by atoms with van der Waals surface area (Å²) in [6.07, 6.45) is 1.06. The van der Waals surface area contributed by atoms with Crippen LogP contribution in [0, 0.1) is 0 Å². The quantitative estimate of drug-likeness (QED) is 0.568. The Balaban J connectivity index is 1.80. The molecule has 142 valence electrons. The maximum atomic E-state index is 11.8. The normalized spacial score (nSPS) is 13.9. The van der Waals surface area contributed by atoms with Gasteiger partial charge in [-0.3, -0.25) is 4.72 Å². The van der Waals surface area contributed by atoms with E-state index in [9.17, 15) is 18.3 Å². The smallest absolute Gasteiger partial charge is 0.326 e. The van der Waals surface area contributed by atoms with Crippen molar-refractivity contribution < 1.29 is 22.7 Å². The number of aliphatic carboxylic acids is 1. The fraction of sp³-hybridized carbons (Fsp3) is 0.222. The summed E-state index contributed by atoms with van der Waals surface area (Å²) in [5.41, 5.74) is 2.33. The first-order valence-corrected chi connectivity index (χ1v) is 10.0. The van der Waals surface area contributed by atoms with Crippen LogP contribution >= 0.6 is 0 Å². The van der Waals surface area contributed by atoms with Crippen molar-refractivity contribution in [2.45, 2.75) is 18.9 Å². The van der Waals surface area contributed by atoms with Crippen LogP contribution in [0.25, 0.3) is 11.1 Å². The highest BCUT2D eigenvalue weighted by molar-refractivity contribution is 7.92. The summed E-state index contributed by atoms with van der Waals surface area (Å²) in [6.45, 7) is 1.76. The number of para-hydroxylation sites is 2. The molecule has 1 aromatic heterocycles. The lowest BCUT2D eigenvalue weighted by Crippen LogP contribution is -2.34. The van der Waals surface area contributed by atoms with Crippen LogP contribution in [0.2, 0.25) is 0 Å². The Labute approximate surface area is 156 Å². The molecule has 3 aromatic rings. The SMILES string of the molecule is CC(c1ccc(NS(C)(=O)=O)cc1)[C@H](Nc1nc2ccccc2o1)C(=O)O. The van der Waals surface area contributed by atoms with E-state index < -0.39 is 28.0 Å². The number of oxazole rings is 1. The van der Waals surface area contributed by atoms with E-state index >= 15 is 0 Å². The monoisotopic (exact) mass is 389 g/mol. The van der Waals surface area contributed by atoms with Crippen LogP contribution in [0.4, 0.5) is 11.7 Å². The maximum absolute atomic E-state index is 11.8. The molecule has 27 heavy (non-hydrogen) atoms. The lowest BCUT2D eigenvalue weighted by Gasteiger charge is -2.21. The zero-order valence-corrected chi connectivity index (χ0v) is 15.5. The summed E-state index contributed by atoms with van der Waals surface area (Å²) < 4.78 is 30.5. The number of rotatable bonds is 7. The molecule has 0 radical (unpaired) electrons. The molecule has 0 bridgehead atoms. The van der Waals surface area contributed by atoms with Gasteiger partial charge in [-0.1, -0.05) is 31.2 Å². The van der Waals surface area contributed by atoms with Gasteiger partial charge in [0.25, 0.3) is 6.01 Å². The van der Waals surface area contributed by atoms with Crippen molar-refractivity contribution in [2.75, 3.05) is 16.3 Å². The van der Waals surface area contributed by atoms with Gasteiger partial charge in [-0.25, -0.2) is 13.2 Å². The van der Waals surface area contributed by atoms with Gasteiger partial charge in [-0.05, 0) is 29.8 Å². The molecule has 9 heteroatoms. The van der Waals surface area contributed by atoms with E-state index in [1.165, 1.54) is 0 Å². The lowest BCUT2D eigenvalue weighted by atomic mass is 9.93. The average Bonchev–Trinajstić information content (AvgIpc) is 3.01. The Morgan fingerprint density at radius 3 is 2.41 bits per heavy atom. The van der Waals surface area contributed by atoms with Crippen LogP contribution in [0.15, 0.2) is 52.9 Å². The van der Waals surface area contributed by atoms with Crippen molar-refractivity contribution in [1.82, 2.24) is 4.98 Å². The van der Waals surface area contributed by atoms with Crippen molar-refractivity contribution in [3.05, 3.63) is 54.1 Å². The predicted octanol–water partition coefficient (Wildman–Crippen LogP) is 2.87. The lowest BCUT2D eigenvalue weighted by molar-refractivity contribution is -0.138. The molecular weight excluding hydrogens is 370 g/mol. The molecule has 2 aromatic carbocycles. The second-order valence-electron chi connectivity index (χ2n) is 6.23. The van der Waals surface area contributed by atoms with Gasteiger partial charge in [-0.15, -0.1) is 0 Å². The number of sulfonamides is 1. The van der Waals surface area contributed by atoms with Gasteiger partial charge in [0.05, 0.1) is 6.26 Å². The van der Waals surface area contributed by atoms with Crippen LogP contribution in [-0.4, -0.2) is 36.8 Å². The Bertz CT molecular complexity index is 1030. The van der Waals surface area contributed by atoms with E-state index in [2.05, 4.69) is 15.0 Å². The number of hydrogen-bond donors (Lipinski definition) is 3. The first-order chi connectivity index (χ1) is 12.7. The highest BCUT2D eigenvalue weighted by Crippen LogP contribution is 2.26. The van der Waals surface area contributed by atoms with E-state index in [0.29, 0.717) is 16.8 Å². The second-order valence-corrected chi connectivity index (χ2v) is 7.98. The Kier molecular flexibility index (Phi) is 5.04. The topological polar surface area (TPSA) is 122 Å². The number of benzene rings is 2. The zero-order chi connectivity index (χ0) is 19.6. The summed E-state index contributed by atoms with van der Waals surface area (Å²) in [4.78, 5) is 16.0. The number of aromatic nitrogens is 1. The Hall–Kier alpha value is -3.07. The third-order valence-corrected chi connectivity index (χ3v) is 4.69. The van der Waals surface area contributed by atoms with E-state index in [1.54, 1.807) is 49.4 Å². The van der Waals surface area contributed by atoms with Crippen LogP contribution in [-0.2, 0) is 14.8 Å². The molecule has 2 atom stereocenters. The predicted molar refractivity (Wildman–Crippen MR) is 102 cm³/mol. The molecule has 0 amide bonds. The minimum absolute atomic E-state index is 0.130. The zero-order valence-electron chi connectivity index (χ0n) is 14.7. The molecule has 0 aliphatic heterocycles. The Morgan fingerprint density at radius 1 is 1.15 bits per heavy atom. The third-order valence-electron chi connectivity index (χ3n) is 4.08. The standard InChI is InChI=1S/C18H19N3O5S/c1-11(12-7-9-13(10-8-12)21-27(2,24)25)16(17(22)23)20-18-19-14-5-3-4-6-15(14)26-18/h3-11,16,21H,1-2H3,(H,19,20)(H,22,23)/t11?,16-/m0/s1. The summed E-state index contributed by atoms with van der Waals surface area (Å²) >= 11 is 0. The van der Waals surface area contributed by atoms with Crippen molar-refractivity contribution >= 4 is 38.8 Å². The molecule has 0 spiro atoms. The molecular formula is C18H19N3O5S. The van der Waals surface area contributed by atoms with Crippen LogP contribution in [0.3, 0.4) is 0 Å². The molecule has 1 heterocycles. The molecule has 0 aliphatic rings. The van der Waals surface area contributed by atoms with Crippen LogP contribution in [0.1, 0.15) is 18.4 Å². The second kappa shape index (κ2) is 7.28. The highest BCUT2D eigenvalue weighted by atomic mass is 32.2. The summed E-state index contributed by atoms with van der Waals surface area (Å²) in [7, 11) is -3.37. The minimum Gasteiger partial charge on any atom is -0.480 e. The average molecular weight is 389 g/mol. The van der Waals surface area contributed by atoms with Gasteiger partial charge in [-0.2, -0.15) is 4.98 Å². The summed E-state index contributed by atoms with van der Waals surface area (Å²) in [5, 5.41) is 12.5. The largest absolute Gasteiger partial charge is 0.480 e. The molecule has 1 unspecified atom stereocenters. The van der Waals surface area contributed by atoms with Gasteiger partial charge in [0.2, 0.25) is 10.0 Å². The number of carbonyl (C=O) groups is 1. The summed E-state index contributed by atoms with van der Waals surface area (Å²) in [5.74, 6) is -1.48. The number of nitrogens with one attached hydrogen (secondary N) is 2. The molecule has 3 N–H and O–H groups in total. The number of nitrogens with zero attached hydrogens (tertiary/aromatic N) is 1. The van der Waals surface area contributed by atoms with Gasteiger partial charge in [0.15, 0.2) is 5.58 Å².